The number of rotatable bonds is 4. The summed E-state index contributed by atoms with van der Waals surface area (Å²) in [6.07, 6.45) is 7.58. The summed E-state index contributed by atoms with van der Waals surface area (Å²) in [6.45, 7) is 0. The number of anilines is 1. The van der Waals surface area contributed by atoms with Gasteiger partial charge in [0.2, 0.25) is 0 Å². The summed E-state index contributed by atoms with van der Waals surface area (Å²) in [4.78, 5) is 26.1. The monoisotopic (exact) mass is 457 g/mol. The average Bonchev–Trinajstić information content (AvgIpc) is 3.14. The lowest BCUT2D eigenvalue weighted by atomic mass is 10.1. The number of hydrogen-bond donors (Lipinski definition) is 1. The molecular formula is C23H16BrN5O. The van der Waals surface area contributed by atoms with Gasteiger partial charge < -0.3 is 5.32 Å². The van der Waals surface area contributed by atoms with Gasteiger partial charge in [-0.1, -0.05) is 18.2 Å². The van der Waals surface area contributed by atoms with E-state index in [-0.39, 0.29) is 5.91 Å². The minimum absolute atomic E-state index is 0.254. The summed E-state index contributed by atoms with van der Waals surface area (Å²) in [5.41, 5.74) is 2.92. The van der Waals surface area contributed by atoms with E-state index < -0.39 is 0 Å². The molecule has 0 fully saturated rings. The number of aromatic nitrogens is 4. The number of nitrogens with zero attached hydrogens (tertiary/aromatic N) is 4. The first-order valence-electron chi connectivity index (χ1n) is 9.39. The molecule has 1 amide bonds. The van der Waals surface area contributed by atoms with Crippen molar-refractivity contribution in [2.24, 2.45) is 0 Å². The highest BCUT2D eigenvalue weighted by Gasteiger charge is 2.20. The van der Waals surface area contributed by atoms with Gasteiger partial charge in [-0.25, -0.2) is 4.98 Å². The van der Waals surface area contributed by atoms with Crippen LogP contribution in [0.4, 0.5) is 5.69 Å². The molecule has 0 radical (unpaired) electrons. The fourth-order valence-electron chi connectivity index (χ4n) is 3.55. The van der Waals surface area contributed by atoms with E-state index in [0.717, 1.165) is 38.0 Å². The van der Waals surface area contributed by atoms with Gasteiger partial charge in [-0.3, -0.25) is 19.2 Å². The van der Waals surface area contributed by atoms with E-state index in [1.807, 2.05) is 59.0 Å². The fraction of sp³-hybridized carbons (Fsp3) is 0.0435. The second kappa shape index (κ2) is 7.68. The number of carbonyl (C=O) groups excluding carboxylic acids is 1. The lowest BCUT2D eigenvalue weighted by Gasteiger charge is -2.07. The van der Waals surface area contributed by atoms with Gasteiger partial charge in [-0.05, 0) is 57.9 Å². The number of fused-ring (bicyclic) bond motifs is 2. The van der Waals surface area contributed by atoms with E-state index >= 15 is 0 Å². The first-order chi connectivity index (χ1) is 14.7. The highest BCUT2D eigenvalue weighted by Crippen LogP contribution is 2.25. The molecule has 0 saturated carbocycles. The molecule has 0 aliphatic rings. The Kier molecular flexibility index (Phi) is 4.72. The molecule has 1 aromatic carbocycles. The average molecular weight is 458 g/mol. The lowest BCUT2D eigenvalue weighted by molar-refractivity contribution is 0.102. The van der Waals surface area contributed by atoms with Gasteiger partial charge in [0.05, 0.1) is 10.1 Å². The Morgan fingerprint density at radius 2 is 1.77 bits per heavy atom. The highest BCUT2D eigenvalue weighted by atomic mass is 79.9. The maximum Gasteiger partial charge on any atom is 0.276 e. The van der Waals surface area contributed by atoms with Crippen LogP contribution in [0.3, 0.4) is 0 Å². The zero-order valence-corrected chi connectivity index (χ0v) is 17.4. The maximum atomic E-state index is 13.2. The topological polar surface area (TPSA) is 72.2 Å². The third kappa shape index (κ3) is 3.33. The molecule has 6 nitrogen and oxygen atoms in total. The van der Waals surface area contributed by atoms with Gasteiger partial charge in [-0.2, -0.15) is 0 Å². The van der Waals surface area contributed by atoms with Crippen molar-refractivity contribution in [3.63, 3.8) is 0 Å². The highest BCUT2D eigenvalue weighted by molar-refractivity contribution is 9.10. The van der Waals surface area contributed by atoms with E-state index in [9.17, 15) is 4.79 Å². The van der Waals surface area contributed by atoms with Crippen LogP contribution in [-0.4, -0.2) is 25.3 Å². The van der Waals surface area contributed by atoms with Crippen molar-refractivity contribution in [1.82, 2.24) is 19.4 Å². The second-order valence-electron chi connectivity index (χ2n) is 6.83. The number of halogens is 1. The summed E-state index contributed by atoms with van der Waals surface area (Å²) in [5.74, 6) is 0.520. The SMILES string of the molecule is O=C(Nc1cccc2cnccc12)c1nc(Cc2ccncc2)n2c(Br)cccc12. The van der Waals surface area contributed by atoms with Gasteiger partial charge >= 0.3 is 0 Å². The van der Waals surface area contributed by atoms with Crippen LogP contribution < -0.4 is 5.32 Å². The summed E-state index contributed by atoms with van der Waals surface area (Å²) >= 11 is 3.59. The van der Waals surface area contributed by atoms with E-state index in [0.29, 0.717) is 12.1 Å². The van der Waals surface area contributed by atoms with E-state index in [1.54, 1.807) is 24.8 Å². The third-order valence-electron chi connectivity index (χ3n) is 4.94. The molecule has 5 aromatic rings. The van der Waals surface area contributed by atoms with Crippen molar-refractivity contribution in [2.75, 3.05) is 5.32 Å². The molecule has 146 valence electrons. The number of benzene rings is 1. The number of carbonyl (C=O) groups is 1. The first kappa shape index (κ1) is 18.4. The summed E-state index contributed by atoms with van der Waals surface area (Å²) < 4.78 is 2.80. The molecule has 0 unspecified atom stereocenters. The number of nitrogens with one attached hydrogen (secondary N) is 1. The molecule has 0 aliphatic carbocycles. The summed E-state index contributed by atoms with van der Waals surface area (Å²) in [7, 11) is 0. The van der Waals surface area contributed by atoms with Crippen molar-refractivity contribution in [1.29, 1.82) is 0 Å². The molecule has 0 saturated heterocycles. The molecule has 5 rings (SSSR count). The molecule has 0 atom stereocenters. The first-order valence-corrected chi connectivity index (χ1v) is 10.2. The molecule has 1 N–H and O–H groups in total. The van der Waals surface area contributed by atoms with Crippen LogP contribution in [0, 0.1) is 0 Å². The Labute approximate surface area is 180 Å². The van der Waals surface area contributed by atoms with Crippen LogP contribution in [0.15, 0.2) is 84.0 Å². The van der Waals surface area contributed by atoms with E-state index in [4.69, 9.17) is 4.98 Å². The van der Waals surface area contributed by atoms with Gasteiger partial charge in [0, 0.05) is 47.7 Å². The van der Waals surface area contributed by atoms with Crippen molar-refractivity contribution < 1.29 is 4.79 Å². The largest absolute Gasteiger partial charge is 0.320 e. The van der Waals surface area contributed by atoms with Gasteiger partial charge in [-0.15, -0.1) is 0 Å². The van der Waals surface area contributed by atoms with Crippen LogP contribution in [0.2, 0.25) is 0 Å². The number of pyridine rings is 3. The van der Waals surface area contributed by atoms with Crippen LogP contribution >= 0.6 is 15.9 Å². The van der Waals surface area contributed by atoms with Gasteiger partial charge in [0.15, 0.2) is 5.69 Å². The molecule has 30 heavy (non-hydrogen) atoms. The fourth-order valence-corrected chi connectivity index (χ4v) is 4.10. The van der Waals surface area contributed by atoms with Crippen molar-refractivity contribution in [3.05, 3.63) is 101 Å². The minimum atomic E-state index is -0.254. The smallest absolute Gasteiger partial charge is 0.276 e. The molecular weight excluding hydrogens is 442 g/mol. The summed E-state index contributed by atoms with van der Waals surface area (Å²) in [6, 6.07) is 17.3. The van der Waals surface area contributed by atoms with Crippen molar-refractivity contribution in [2.45, 2.75) is 6.42 Å². The van der Waals surface area contributed by atoms with Crippen LogP contribution in [-0.2, 0) is 6.42 Å². The Bertz CT molecular complexity index is 1380. The molecule has 7 heteroatoms. The number of hydrogen-bond acceptors (Lipinski definition) is 4. The van der Waals surface area contributed by atoms with Crippen LogP contribution in [0.1, 0.15) is 21.9 Å². The predicted octanol–water partition coefficient (Wildman–Crippen LogP) is 4.88. The Morgan fingerprint density at radius 3 is 2.63 bits per heavy atom. The third-order valence-corrected chi connectivity index (χ3v) is 5.56. The second-order valence-corrected chi connectivity index (χ2v) is 7.65. The standard InChI is InChI=1S/C23H16BrN5O/c24-20-6-2-5-19-22(28-21(29(19)20)13-15-7-10-25-11-8-15)23(30)27-18-4-1-3-16-14-26-12-9-17(16)18/h1-12,14H,13H2,(H,27,30). The predicted molar refractivity (Wildman–Crippen MR) is 120 cm³/mol. The Balaban J connectivity index is 1.57. The Morgan fingerprint density at radius 1 is 0.967 bits per heavy atom. The quantitative estimate of drug-likeness (QED) is 0.390. The zero-order valence-electron chi connectivity index (χ0n) is 15.8. The minimum Gasteiger partial charge on any atom is -0.320 e. The zero-order chi connectivity index (χ0) is 20.5. The van der Waals surface area contributed by atoms with Crippen molar-refractivity contribution in [3.8, 4) is 0 Å². The van der Waals surface area contributed by atoms with Gasteiger partial charge in [0.1, 0.15) is 5.82 Å². The van der Waals surface area contributed by atoms with Crippen LogP contribution in [0.5, 0.6) is 0 Å². The van der Waals surface area contributed by atoms with Gasteiger partial charge in [0.25, 0.3) is 5.91 Å². The van der Waals surface area contributed by atoms with Crippen LogP contribution in [0.25, 0.3) is 16.3 Å². The van der Waals surface area contributed by atoms with E-state index in [2.05, 4.69) is 31.2 Å². The molecule has 0 spiro atoms. The molecule has 0 aliphatic heterocycles. The Hall–Kier alpha value is -3.58. The molecule has 4 heterocycles. The maximum absolute atomic E-state index is 13.2. The van der Waals surface area contributed by atoms with Crippen molar-refractivity contribution >= 4 is 43.8 Å². The normalized spacial score (nSPS) is 11.1. The van der Waals surface area contributed by atoms with E-state index in [1.165, 1.54) is 0 Å². The summed E-state index contributed by atoms with van der Waals surface area (Å²) in [5, 5.41) is 4.92. The lowest BCUT2D eigenvalue weighted by Crippen LogP contribution is -2.13. The molecule has 4 aromatic heterocycles. The molecule has 0 bridgehead atoms. The number of amides is 1. The number of imidazole rings is 1.